The molecule has 42 heavy (non-hydrogen) atoms. The zero-order chi connectivity index (χ0) is 31.1. The molecule has 5 atom stereocenters. The van der Waals surface area contributed by atoms with Crippen LogP contribution in [0.2, 0.25) is 0 Å². The summed E-state index contributed by atoms with van der Waals surface area (Å²) in [5.74, 6) is -5.58. The van der Waals surface area contributed by atoms with Crippen molar-refractivity contribution in [2.75, 3.05) is 13.2 Å². The van der Waals surface area contributed by atoms with Crippen LogP contribution in [0.4, 0.5) is 0 Å². The first-order valence-corrected chi connectivity index (χ1v) is 13.3. The molecule has 0 aliphatic carbocycles. The van der Waals surface area contributed by atoms with Crippen molar-refractivity contribution in [1.29, 1.82) is 0 Å². The summed E-state index contributed by atoms with van der Waals surface area (Å²) >= 11 is 0. The summed E-state index contributed by atoms with van der Waals surface area (Å²) in [6.45, 7) is 1.90. The second-order valence-corrected chi connectivity index (χ2v) is 10.1. The number of nitrogens with one attached hydrogen (secondary N) is 4. The standard InChI is InChI=1S/C26H34N6O10/c1-13(27-24(39)20-4-3-9-31(20)32-21(36)11-18(25(32)40)28-14(2)34)22(37)29-17(10-15-5-7-16(35)8-6-15)23(38)30-19(12-33)26(41)42/h5-8,13,17-20,33,35H,3-4,9-12H2,1-2H3,(H,27,39)(H,28,34)(H,29,37)(H,30,38)(H,41,42)/t13-,17-,18-,19-,20-/m0/s1. The lowest BCUT2D eigenvalue weighted by Gasteiger charge is -2.31. The Morgan fingerprint density at radius 2 is 1.64 bits per heavy atom. The normalized spacial score (nSPS) is 20.9. The quantitative estimate of drug-likeness (QED) is 0.122. The summed E-state index contributed by atoms with van der Waals surface area (Å²) in [4.78, 5) is 87.1. The van der Waals surface area contributed by atoms with Crippen LogP contribution in [0.15, 0.2) is 24.3 Å². The van der Waals surface area contributed by atoms with Crippen LogP contribution in [0, 0.1) is 0 Å². The van der Waals surface area contributed by atoms with Gasteiger partial charge in [-0.3, -0.25) is 28.8 Å². The van der Waals surface area contributed by atoms with Gasteiger partial charge in [-0.15, -0.1) is 0 Å². The molecule has 1 aromatic carbocycles. The van der Waals surface area contributed by atoms with Crippen LogP contribution >= 0.6 is 0 Å². The Bertz CT molecular complexity index is 1240. The Balaban J connectivity index is 1.68. The lowest BCUT2D eigenvalue weighted by atomic mass is 10.0. The molecular formula is C26H34N6O10. The highest BCUT2D eigenvalue weighted by Crippen LogP contribution is 2.25. The number of hydrogen-bond donors (Lipinski definition) is 7. The fraction of sp³-hybridized carbons (Fsp3) is 0.500. The molecule has 16 nitrogen and oxygen atoms in total. The van der Waals surface area contributed by atoms with E-state index >= 15 is 0 Å². The summed E-state index contributed by atoms with van der Waals surface area (Å²) in [7, 11) is 0. The van der Waals surface area contributed by atoms with Crippen molar-refractivity contribution in [2.45, 2.75) is 69.7 Å². The number of benzene rings is 1. The van der Waals surface area contributed by atoms with Crippen molar-refractivity contribution in [3.05, 3.63) is 29.8 Å². The fourth-order valence-corrected chi connectivity index (χ4v) is 4.71. The lowest BCUT2D eigenvalue weighted by molar-refractivity contribution is -0.162. The molecule has 0 spiro atoms. The molecule has 228 valence electrons. The second-order valence-electron chi connectivity index (χ2n) is 10.1. The number of carbonyl (C=O) groups excluding carboxylic acids is 6. The van der Waals surface area contributed by atoms with Crippen LogP contribution in [0.25, 0.3) is 0 Å². The zero-order valence-corrected chi connectivity index (χ0v) is 23.0. The Hall–Kier alpha value is -4.57. The third-order valence-electron chi connectivity index (χ3n) is 6.84. The van der Waals surface area contributed by atoms with Crippen LogP contribution in [0.3, 0.4) is 0 Å². The zero-order valence-electron chi connectivity index (χ0n) is 23.0. The number of carboxylic acid groups (broad SMARTS) is 1. The number of aliphatic hydroxyl groups excluding tert-OH is 1. The van der Waals surface area contributed by atoms with Gasteiger partial charge in [-0.25, -0.2) is 9.80 Å². The van der Waals surface area contributed by atoms with Gasteiger partial charge in [0.25, 0.3) is 5.91 Å². The molecule has 2 aliphatic rings. The minimum atomic E-state index is -1.62. The van der Waals surface area contributed by atoms with Gasteiger partial charge in [-0.05, 0) is 37.5 Å². The van der Waals surface area contributed by atoms with Crippen molar-refractivity contribution in [1.82, 2.24) is 31.3 Å². The highest BCUT2D eigenvalue weighted by molar-refractivity contribution is 6.06. The Labute approximate surface area is 240 Å². The summed E-state index contributed by atoms with van der Waals surface area (Å²) in [6.07, 6.45) is 0.406. The summed E-state index contributed by atoms with van der Waals surface area (Å²) in [6, 6.07) is -0.394. The molecule has 2 saturated heterocycles. The van der Waals surface area contributed by atoms with Crippen LogP contribution in [0.1, 0.15) is 38.7 Å². The number of phenols is 1. The number of carbonyl (C=O) groups is 7. The molecule has 2 fully saturated rings. The molecule has 0 bridgehead atoms. The van der Waals surface area contributed by atoms with Crippen LogP contribution in [-0.2, 0) is 40.0 Å². The molecule has 0 radical (unpaired) electrons. The van der Waals surface area contributed by atoms with E-state index in [2.05, 4.69) is 21.3 Å². The van der Waals surface area contributed by atoms with Gasteiger partial charge in [0.15, 0.2) is 0 Å². The van der Waals surface area contributed by atoms with Crippen molar-refractivity contribution >= 4 is 41.4 Å². The molecule has 0 aromatic heterocycles. The number of aromatic hydroxyl groups is 1. The number of hydrogen-bond acceptors (Lipinski definition) is 10. The van der Waals surface area contributed by atoms with Crippen LogP contribution < -0.4 is 21.3 Å². The number of phenolic OH excluding ortho intramolecular Hbond substituents is 1. The maximum Gasteiger partial charge on any atom is 0.328 e. The average Bonchev–Trinajstić information content (AvgIpc) is 3.50. The van der Waals surface area contributed by atoms with Gasteiger partial charge in [-0.2, -0.15) is 5.01 Å². The van der Waals surface area contributed by atoms with E-state index < -0.39 is 78.2 Å². The van der Waals surface area contributed by atoms with E-state index in [9.17, 15) is 48.9 Å². The van der Waals surface area contributed by atoms with E-state index in [0.29, 0.717) is 12.0 Å². The Morgan fingerprint density at radius 3 is 2.24 bits per heavy atom. The maximum atomic E-state index is 13.2. The predicted molar refractivity (Wildman–Crippen MR) is 142 cm³/mol. The Morgan fingerprint density at radius 1 is 1.00 bits per heavy atom. The van der Waals surface area contributed by atoms with Crippen molar-refractivity contribution in [3.63, 3.8) is 0 Å². The largest absolute Gasteiger partial charge is 0.508 e. The van der Waals surface area contributed by atoms with Crippen molar-refractivity contribution < 1.29 is 48.9 Å². The Kier molecular flexibility index (Phi) is 10.5. The molecule has 7 N–H and O–H groups in total. The first kappa shape index (κ1) is 32.0. The lowest BCUT2D eigenvalue weighted by Crippen LogP contribution is -2.59. The maximum absolute atomic E-state index is 13.2. The van der Waals surface area contributed by atoms with E-state index in [1.165, 1.54) is 43.1 Å². The van der Waals surface area contributed by atoms with E-state index in [4.69, 9.17) is 0 Å². The SMILES string of the molecule is CC(=O)N[C@H]1CC(=O)N(N2CCC[C@H]2C(=O)N[C@@H](C)C(=O)N[C@@H](Cc2ccc(O)cc2)C(=O)N[C@@H](CO)C(=O)O)C1=O. The highest BCUT2D eigenvalue weighted by Gasteiger charge is 2.47. The molecule has 6 amide bonds. The monoisotopic (exact) mass is 590 g/mol. The number of aliphatic hydroxyl groups is 1. The highest BCUT2D eigenvalue weighted by atomic mass is 16.4. The fourth-order valence-electron chi connectivity index (χ4n) is 4.71. The summed E-state index contributed by atoms with van der Waals surface area (Å²) in [5, 5.41) is 39.7. The minimum absolute atomic E-state index is 0.0322. The predicted octanol–water partition coefficient (Wildman–Crippen LogP) is -2.87. The van der Waals surface area contributed by atoms with Crippen LogP contribution in [-0.4, -0.2) is 110 Å². The topological polar surface area (TPSA) is 235 Å². The van der Waals surface area contributed by atoms with Gasteiger partial charge in [0.2, 0.25) is 29.5 Å². The average molecular weight is 591 g/mol. The summed E-state index contributed by atoms with van der Waals surface area (Å²) in [5.41, 5.74) is 0.514. The van der Waals surface area contributed by atoms with Gasteiger partial charge in [0, 0.05) is 19.9 Å². The third kappa shape index (κ3) is 7.79. The number of aliphatic carboxylic acids is 1. The minimum Gasteiger partial charge on any atom is -0.508 e. The smallest absolute Gasteiger partial charge is 0.328 e. The van der Waals surface area contributed by atoms with E-state index in [0.717, 1.165) is 5.01 Å². The number of hydrazine groups is 1. The first-order valence-electron chi connectivity index (χ1n) is 13.3. The second kappa shape index (κ2) is 13.9. The molecule has 1 aromatic rings. The number of imide groups is 1. The number of amides is 6. The molecule has 0 saturated carbocycles. The third-order valence-corrected chi connectivity index (χ3v) is 6.84. The van der Waals surface area contributed by atoms with E-state index in [1.807, 2.05) is 0 Å². The first-order chi connectivity index (χ1) is 19.8. The van der Waals surface area contributed by atoms with Gasteiger partial charge in [0.1, 0.15) is 36.0 Å². The van der Waals surface area contributed by atoms with Gasteiger partial charge < -0.3 is 36.6 Å². The van der Waals surface area contributed by atoms with Gasteiger partial charge in [0.05, 0.1) is 13.0 Å². The molecule has 3 rings (SSSR count). The molecular weight excluding hydrogens is 556 g/mol. The van der Waals surface area contributed by atoms with E-state index in [-0.39, 0.29) is 31.6 Å². The molecule has 2 aliphatic heterocycles. The number of nitrogens with zero attached hydrogens (tertiary/aromatic N) is 2. The molecule has 2 heterocycles. The molecule has 0 unspecified atom stereocenters. The van der Waals surface area contributed by atoms with Crippen molar-refractivity contribution in [3.8, 4) is 5.75 Å². The molecule has 16 heteroatoms. The van der Waals surface area contributed by atoms with Gasteiger partial charge >= 0.3 is 5.97 Å². The van der Waals surface area contributed by atoms with Crippen LogP contribution in [0.5, 0.6) is 5.75 Å². The van der Waals surface area contributed by atoms with Crippen molar-refractivity contribution in [2.24, 2.45) is 0 Å². The van der Waals surface area contributed by atoms with E-state index in [1.54, 1.807) is 0 Å². The summed E-state index contributed by atoms with van der Waals surface area (Å²) < 4.78 is 0. The number of rotatable bonds is 12. The number of carboxylic acids is 1. The van der Waals surface area contributed by atoms with Gasteiger partial charge in [-0.1, -0.05) is 12.1 Å².